The molecule has 0 aromatic heterocycles. The first-order chi connectivity index (χ1) is 9.31. The Balaban J connectivity index is 1.76. The van der Waals surface area contributed by atoms with E-state index in [0.717, 1.165) is 17.6 Å². The topological polar surface area (TPSA) is 12.0 Å². The Kier molecular flexibility index (Phi) is 3.20. The molecule has 0 fully saturated rings. The summed E-state index contributed by atoms with van der Waals surface area (Å²) in [6.45, 7) is 2.93. The third-order valence-electron chi connectivity index (χ3n) is 3.26. The number of fused-ring (bicyclic) bond motifs is 1. The van der Waals surface area contributed by atoms with Gasteiger partial charge >= 0.3 is 0 Å². The number of nitrogens with one attached hydrogen (secondary N) is 1. The number of hydrogen-bond donors (Lipinski definition) is 1. The van der Waals surface area contributed by atoms with E-state index in [4.69, 9.17) is 0 Å². The van der Waals surface area contributed by atoms with E-state index in [9.17, 15) is 0 Å². The Morgan fingerprint density at radius 1 is 0.895 bits per heavy atom. The van der Waals surface area contributed by atoms with Gasteiger partial charge in [-0.25, -0.2) is 0 Å². The van der Waals surface area contributed by atoms with Crippen LogP contribution in [0.25, 0.3) is 10.8 Å². The summed E-state index contributed by atoms with van der Waals surface area (Å²) < 4.78 is 0. The van der Waals surface area contributed by atoms with Crippen LogP contribution in [0, 0.1) is 13.0 Å². The van der Waals surface area contributed by atoms with Crippen molar-refractivity contribution in [3.8, 4) is 0 Å². The van der Waals surface area contributed by atoms with Crippen molar-refractivity contribution in [2.75, 3.05) is 5.32 Å². The van der Waals surface area contributed by atoms with Crippen LogP contribution in [0.1, 0.15) is 11.1 Å². The standard InChI is InChI=1S/C18H16N/c1-14-6-8-15(9-7-14)13-19-18-11-10-16-4-2-3-5-17(16)12-18/h2-11,19H,13H2,1H3. The molecule has 0 bridgehead atoms. The van der Waals surface area contributed by atoms with Gasteiger partial charge in [-0.3, -0.25) is 0 Å². The minimum atomic E-state index is 0.828. The van der Waals surface area contributed by atoms with Crippen molar-refractivity contribution in [2.45, 2.75) is 13.5 Å². The molecule has 1 heteroatoms. The number of hydrogen-bond acceptors (Lipinski definition) is 1. The van der Waals surface area contributed by atoms with E-state index in [1.165, 1.54) is 16.5 Å². The lowest BCUT2D eigenvalue weighted by atomic mass is 10.1. The average Bonchev–Trinajstić information content (AvgIpc) is 2.46. The summed E-state index contributed by atoms with van der Waals surface area (Å²) in [5, 5.41) is 5.79. The van der Waals surface area contributed by atoms with Crippen LogP contribution >= 0.6 is 0 Å². The molecule has 0 saturated heterocycles. The molecule has 0 unspecified atom stereocenters. The maximum absolute atomic E-state index is 3.42. The molecule has 1 nitrogen and oxygen atoms in total. The van der Waals surface area contributed by atoms with Crippen LogP contribution in [0.5, 0.6) is 0 Å². The van der Waals surface area contributed by atoms with Crippen molar-refractivity contribution < 1.29 is 0 Å². The average molecular weight is 246 g/mol. The Hall–Kier alpha value is -2.28. The first-order valence-electron chi connectivity index (χ1n) is 6.52. The Morgan fingerprint density at radius 3 is 2.53 bits per heavy atom. The summed E-state index contributed by atoms with van der Waals surface area (Å²) in [6.07, 6.45) is 0. The van der Waals surface area contributed by atoms with E-state index >= 15 is 0 Å². The second kappa shape index (κ2) is 5.15. The van der Waals surface area contributed by atoms with Gasteiger partial charge in [0.25, 0.3) is 0 Å². The lowest BCUT2D eigenvalue weighted by Crippen LogP contribution is -1.99. The fourth-order valence-corrected chi connectivity index (χ4v) is 2.12. The second-order valence-corrected chi connectivity index (χ2v) is 4.80. The molecule has 1 radical (unpaired) electrons. The summed E-state index contributed by atoms with van der Waals surface area (Å²) in [7, 11) is 0. The predicted octanol–water partition coefficient (Wildman–Crippen LogP) is 4.56. The highest BCUT2D eigenvalue weighted by atomic mass is 14.9. The lowest BCUT2D eigenvalue weighted by Gasteiger charge is -2.07. The van der Waals surface area contributed by atoms with Gasteiger partial charge in [-0.15, -0.1) is 0 Å². The minimum Gasteiger partial charge on any atom is -0.380 e. The normalized spacial score (nSPS) is 10.6. The lowest BCUT2D eigenvalue weighted by molar-refractivity contribution is 1.15. The molecular formula is C18H16N. The molecule has 0 amide bonds. The fourth-order valence-electron chi connectivity index (χ4n) is 2.12. The first kappa shape index (κ1) is 11.8. The van der Waals surface area contributed by atoms with Crippen molar-refractivity contribution in [1.29, 1.82) is 0 Å². The van der Waals surface area contributed by atoms with Crippen LogP contribution in [0.2, 0.25) is 0 Å². The molecule has 1 N–H and O–H groups in total. The molecule has 0 atom stereocenters. The predicted molar refractivity (Wildman–Crippen MR) is 81.3 cm³/mol. The van der Waals surface area contributed by atoms with Crippen LogP contribution in [-0.2, 0) is 6.54 Å². The summed E-state index contributed by atoms with van der Waals surface area (Å²) in [5.74, 6) is 0. The zero-order valence-electron chi connectivity index (χ0n) is 11.0. The van der Waals surface area contributed by atoms with E-state index in [0.29, 0.717) is 0 Å². The molecular weight excluding hydrogens is 230 g/mol. The molecule has 0 spiro atoms. The Morgan fingerprint density at radius 2 is 1.68 bits per heavy atom. The van der Waals surface area contributed by atoms with E-state index in [-0.39, 0.29) is 0 Å². The van der Waals surface area contributed by atoms with Crippen molar-refractivity contribution in [3.05, 3.63) is 77.9 Å². The molecule has 93 valence electrons. The van der Waals surface area contributed by atoms with Crippen molar-refractivity contribution >= 4 is 16.5 Å². The van der Waals surface area contributed by atoms with Gasteiger partial charge in [0.05, 0.1) is 0 Å². The maximum Gasteiger partial charge on any atom is 0.0430 e. The first-order valence-corrected chi connectivity index (χ1v) is 6.52. The summed E-state index contributed by atoms with van der Waals surface area (Å²) in [5.41, 5.74) is 3.62. The Bertz CT molecular complexity index is 683. The summed E-state index contributed by atoms with van der Waals surface area (Å²) >= 11 is 0. The molecule has 19 heavy (non-hydrogen) atoms. The fraction of sp³-hybridized carbons (Fsp3) is 0.111. The number of benzene rings is 3. The molecule has 0 aliphatic carbocycles. The largest absolute Gasteiger partial charge is 0.380 e. The van der Waals surface area contributed by atoms with Gasteiger partial charge in [0.15, 0.2) is 0 Å². The monoisotopic (exact) mass is 246 g/mol. The van der Waals surface area contributed by atoms with Gasteiger partial charge in [0.1, 0.15) is 0 Å². The van der Waals surface area contributed by atoms with Crippen molar-refractivity contribution in [2.24, 2.45) is 0 Å². The SMILES string of the molecule is Cc1ccc(CNc2[c]c3ccccc3cc2)cc1. The van der Waals surface area contributed by atoms with Gasteiger partial charge in [0.2, 0.25) is 0 Å². The molecule has 3 aromatic rings. The van der Waals surface area contributed by atoms with Crippen LogP contribution in [0.3, 0.4) is 0 Å². The number of aryl methyl sites for hydroxylation is 1. The van der Waals surface area contributed by atoms with Gasteiger partial charge < -0.3 is 5.32 Å². The number of rotatable bonds is 3. The second-order valence-electron chi connectivity index (χ2n) is 4.80. The highest BCUT2D eigenvalue weighted by molar-refractivity contribution is 5.84. The maximum atomic E-state index is 3.42. The molecule has 0 saturated carbocycles. The Labute approximate surface area is 113 Å². The third-order valence-corrected chi connectivity index (χ3v) is 3.26. The third kappa shape index (κ3) is 2.76. The molecule has 3 aromatic carbocycles. The minimum absolute atomic E-state index is 0.828. The van der Waals surface area contributed by atoms with E-state index in [1.807, 2.05) is 6.07 Å². The molecule has 0 aliphatic rings. The van der Waals surface area contributed by atoms with Crippen LogP contribution in [0.4, 0.5) is 5.69 Å². The highest BCUT2D eigenvalue weighted by Crippen LogP contribution is 2.18. The molecule has 3 rings (SSSR count). The zero-order valence-corrected chi connectivity index (χ0v) is 11.0. The highest BCUT2D eigenvalue weighted by Gasteiger charge is 1.97. The van der Waals surface area contributed by atoms with Gasteiger partial charge in [-0.05, 0) is 29.3 Å². The smallest absolute Gasteiger partial charge is 0.0430 e. The molecule has 0 aliphatic heterocycles. The van der Waals surface area contributed by atoms with Crippen LogP contribution in [-0.4, -0.2) is 0 Å². The summed E-state index contributed by atoms with van der Waals surface area (Å²) in [4.78, 5) is 0. The van der Waals surface area contributed by atoms with Gasteiger partial charge in [-0.2, -0.15) is 0 Å². The quantitative estimate of drug-likeness (QED) is 0.714. The van der Waals surface area contributed by atoms with Gasteiger partial charge in [0, 0.05) is 18.3 Å². The van der Waals surface area contributed by atoms with Crippen LogP contribution in [0.15, 0.2) is 60.7 Å². The summed E-state index contributed by atoms with van der Waals surface area (Å²) in [6, 6.07) is 24.5. The zero-order chi connectivity index (χ0) is 13.1. The van der Waals surface area contributed by atoms with E-state index in [1.54, 1.807) is 0 Å². The molecule has 0 heterocycles. The van der Waals surface area contributed by atoms with E-state index in [2.05, 4.69) is 72.9 Å². The van der Waals surface area contributed by atoms with Crippen LogP contribution < -0.4 is 5.32 Å². The van der Waals surface area contributed by atoms with Crippen molar-refractivity contribution in [1.82, 2.24) is 0 Å². The number of anilines is 1. The van der Waals surface area contributed by atoms with Gasteiger partial charge in [-0.1, -0.05) is 60.2 Å². The van der Waals surface area contributed by atoms with E-state index < -0.39 is 0 Å². The van der Waals surface area contributed by atoms with Crippen molar-refractivity contribution in [3.63, 3.8) is 0 Å².